The summed E-state index contributed by atoms with van der Waals surface area (Å²) in [5.41, 5.74) is 6.56. The van der Waals surface area contributed by atoms with Crippen LogP contribution in [0.25, 0.3) is 0 Å². The molecule has 1 fully saturated rings. The van der Waals surface area contributed by atoms with Crippen molar-refractivity contribution in [3.05, 3.63) is 35.4 Å². The summed E-state index contributed by atoms with van der Waals surface area (Å²) >= 11 is 0. The van der Waals surface area contributed by atoms with Crippen LogP contribution < -0.4 is 11.1 Å². The van der Waals surface area contributed by atoms with E-state index in [4.69, 9.17) is 5.73 Å². The zero-order valence-electron chi connectivity index (χ0n) is 11.6. The van der Waals surface area contributed by atoms with Crippen LogP contribution in [0.1, 0.15) is 41.6 Å². The molecule has 1 aromatic carbocycles. The standard InChI is InChI=1S/C15H19F3N2O/c16-15(17,18)12-4-6-13(7-5-12)20-9-10-2-1-3-11(8-10)14(19)21/h1-3,8,12-13,20H,4-7,9H2,(H2,19,21). The fourth-order valence-corrected chi connectivity index (χ4v) is 2.72. The molecule has 1 aliphatic rings. The second-order valence-electron chi connectivity index (χ2n) is 5.54. The van der Waals surface area contributed by atoms with E-state index in [0.29, 0.717) is 24.9 Å². The largest absolute Gasteiger partial charge is 0.391 e. The Morgan fingerprint density at radius 3 is 2.48 bits per heavy atom. The predicted octanol–water partition coefficient (Wildman–Crippen LogP) is 3.00. The summed E-state index contributed by atoms with van der Waals surface area (Å²) in [6.07, 6.45) is -2.65. The van der Waals surface area contributed by atoms with Crippen LogP contribution in [-0.4, -0.2) is 18.1 Å². The molecule has 116 valence electrons. The molecule has 0 heterocycles. The van der Waals surface area contributed by atoms with Crippen LogP contribution in [0, 0.1) is 5.92 Å². The highest BCUT2D eigenvalue weighted by Gasteiger charge is 2.41. The maximum atomic E-state index is 12.6. The van der Waals surface area contributed by atoms with E-state index in [2.05, 4.69) is 5.32 Å². The highest BCUT2D eigenvalue weighted by atomic mass is 19.4. The normalized spacial score (nSPS) is 23.0. The van der Waals surface area contributed by atoms with Gasteiger partial charge in [-0.15, -0.1) is 0 Å². The van der Waals surface area contributed by atoms with E-state index in [9.17, 15) is 18.0 Å². The molecule has 0 spiro atoms. The Kier molecular flexibility index (Phi) is 4.88. The molecule has 1 saturated carbocycles. The molecule has 1 aliphatic carbocycles. The number of alkyl halides is 3. The van der Waals surface area contributed by atoms with Crippen molar-refractivity contribution in [3.63, 3.8) is 0 Å². The number of halogens is 3. The number of amides is 1. The number of hydrogen-bond acceptors (Lipinski definition) is 2. The lowest BCUT2D eigenvalue weighted by molar-refractivity contribution is -0.182. The summed E-state index contributed by atoms with van der Waals surface area (Å²) in [7, 11) is 0. The number of hydrogen-bond donors (Lipinski definition) is 2. The molecule has 0 aromatic heterocycles. The Morgan fingerprint density at radius 1 is 1.24 bits per heavy atom. The van der Waals surface area contributed by atoms with Gasteiger partial charge in [-0.3, -0.25) is 4.79 Å². The molecule has 3 N–H and O–H groups in total. The van der Waals surface area contributed by atoms with E-state index < -0.39 is 18.0 Å². The number of benzene rings is 1. The zero-order chi connectivity index (χ0) is 15.5. The average molecular weight is 300 g/mol. The molecule has 2 rings (SSSR count). The van der Waals surface area contributed by atoms with E-state index in [1.807, 2.05) is 6.07 Å². The Bertz CT molecular complexity index is 494. The van der Waals surface area contributed by atoms with Gasteiger partial charge in [0.25, 0.3) is 0 Å². The molecule has 1 aromatic rings. The molecular weight excluding hydrogens is 281 g/mol. The molecule has 0 atom stereocenters. The number of nitrogens with one attached hydrogen (secondary N) is 1. The summed E-state index contributed by atoms with van der Waals surface area (Å²) in [5, 5.41) is 3.26. The van der Waals surface area contributed by atoms with Crippen LogP contribution in [0.4, 0.5) is 13.2 Å². The topological polar surface area (TPSA) is 55.1 Å². The van der Waals surface area contributed by atoms with Gasteiger partial charge in [-0.1, -0.05) is 12.1 Å². The van der Waals surface area contributed by atoms with Gasteiger partial charge in [-0.2, -0.15) is 13.2 Å². The SMILES string of the molecule is NC(=O)c1cccc(CNC2CCC(C(F)(F)F)CC2)c1. The van der Waals surface area contributed by atoms with E-state index in [1.165, 1.54) is 0 Å². The summed E-state index contributed by atoms with van der Waals surface area (Å²) in [5.74, 6) is -1.64. The van der Waals surface area contributed by atoms with Gasteiger partial charge in [0.2, 0.25) is 5.91 Å². The van der Waals surface area contributed by atoms with Gasteiger partial charge in [-0.05, 0) is 43.4 Å². The van der Waals surface area contributed by atoms with Crippen molar-refractivity contribution >= 4 is 5.91 Å². The third kappa shape index (κ3) is 4.46. The molecule has 3 nitrogen and oxygen atoms in total. The van der Waals surface area contributed by atoms with Gasteiger partial charge in [0, 0.05) is 18.2 Å². The molecule has 1 amide bonds. The number of primary amides is 1. The minimum absolute atomic E-state index is 0.0980. The molecule has 0 bridgehead atoms. The quantitative estimate of drug-likeness (QED) is 0.898. The van der Waals surface area contributed by atoms with E-state index >= 15 is 0 Å². The minimum Gasteiger partial charge on any atom is -0.366 e. The number of rotatable bonds is 4. The first kappa shape index (κ1) is 15.8. The number of nitrogens with two attached hydrogens (primary N) is 1. The zero-order valence-corrected chi connectivity index (χ0v) is 11.6. The van der Waals surface area contributed by atoms with Crippen LogP contribution >= 0.6 is 0 Å². The Hall–Kier alpha value is -1.56. The van der Waals surface area contributed by atoms with Gasteiger partial charge in [-0.25, -0.2) is 0 Å². The first-order valence-corrected chi connectivity index (χ1v) is 7.05. The third-order valence-corrected chi connectivity index (χ3v) is 4.00. The van der Waals surface area contributed by atoms with Crippen LogP contribution in [0.2, 0.25) is 0 Å². The molecule has 0 aliphatic heterocycles. The predicted molar refractivity (Wildman–Crippen MR) is 73.6 cm³/mol. The van der Waals surface area contributed by atoms with Crippen molar-refractivity contribution in [1.29, 1.82) is 0 Å². The van der Waals surface area contributed by atoms with E-state index in [-0.39, 0.29) is 18.9 Å². The highest BCUT2D eigenvalue weighted by molar-refractivity contribution is 5.92. The first-order chi connectivity index (χ1) is 9.86. The fraction of sp³-hybridized carbons (Fsp3) is 0.533. The number of carbonyl (C=O) groups is 1. The van der Waals surface area contributed by atoms with Crippen LogP contribution in [0.15, 0.2) is 24.3 Å². The molecule has 0 saturated heterocycles. The van der Waals surface area contributed by atoms with Gasteiger partial charge in [0.05, 0.1) is 5.92 Å². The average Bonchev–Trinajstić information content (AvgIpc) is 2.45. The summed E-state index contributed by atoms with van der Waals surface area (Å²) in [4.78, 5) is 11.1. The van der Waals surface area contributed by atoms with E-state index in [1.54, 1.807) is 18.2 Å². The van der Waals surface area contributed by atoms with Crippen LogP contribution in [0.5, 0.6) is 0 Å². The first-order valence-electron chi connectivity index (χ1n) is 7.05. The third-order valence-electron chi connectivity index (χ3n) is 4.00. The van der Waals surface area contributed by atoms with Crippen molar-refractivity contribution in [2.24, 2.45) is 11.7 Å². The smallest absolute Gasteiger partial charge is 0.366 e. The monoisotopic (exact) mass is 300 g/mol. The Labute approximate surface area is 121 Å². The summed E-state index contributed by atoms with van der Waals surface area (Å²) in [6.45, 7) is 0.530. The fourth-order valence-electron chi connectivity index (χ4n) is 2.72. The molecule has 6 heteroatoms. The van der Waals surface area contributed by atoms with Crippen molar-refractivity contribution in [2.75, 3.05) is 0 Å². The lowest BCUT2D eigenvalue weighted by Gasteiger charge is -2.30. The molecule has 21 heavy (non-hydrogen) atoms. The van der Waals surface area contributed by atoms with E-state index in [0.717, 1.165) is 5.56 Å². The lowest BCUT2D eigenvalue weighted by Crippen LogP contribution is -2.36. The van der Waals surface area contributed by atoms with Gasteiger partial charge < -0.3 is 11.1 Å². The lowest BCUT2D eigenvalue weighted by atomic mass is 9.85. The second-order valence-corrected chi connectivity index (χ2v) is 5.54. The van der Waals surface area contributed by atoms with Crippen LogP contribution in [-0.2, 0) is 6.54 Å². The summed E-state index contributed by atoms with van der Waals surface area (Å²) < 4.78 is 37.7. The highest BCUT2D eigenvalue weighted by Crippen LogP contribution is 2.37. The van der Waals surface area contributed by atoms with Crippen molar-refractivity contribution in [2.45, 2.75) is 44.4 Å². The van der Waals surface area contributed by atoms with Gasteiger partial charge in [0.15, 0.2) is 0 Å². The molecular formula is C15H19F3N2O. The van der Waals surface area contributed by atoms with Crippen molar-refractivity contribution in [3.8, 4) is 0 Å². The molecule has 0 radical (unpaired) electrons. The maximum Gasteiger partial charge on any atom is 0.391 e. The Morgan fingerprint density at radius 2 is 1.90 bits per heavy atom. The maximum absolute atomic E-state index is 12.6. The second kappa shape index (κ2) is 6.47. The van der Waals surface area contributed by atoms with Crippen LogP contribution in [0.3, 0.4) is 0 Å². The number of carbonyl (C=O) groups excluding carboxylic acids is 1. The minimum atomic E-state index is -4.07. The van der Waals surface area contributed by atoms with Gasteiger partial charge in [0.1, 0.15) is 0 Å². The Balaban J connectivity index is 1.82. The molecule has 0 unspecified atom stereocenters. The van der Waals surface area contributed by atoms with Crippen molar-refractivity contribution in [1.82, 2.24) is 5.32 Å². The van der Waals surface area contributed by atoms with Gasteiger partial charge >= 0.3 is 6.18 Å². The summed E-state index contributed by atoms with van der Waals surface area (Å²) in [6, 6.07) is 7.05. The van der Waals surface area contributed by atoms with Crippen molar-refractivity contribution < 1.29 is 18.0 Å².